The molecule has 0 aromatic heterocycles. The summed E-state index contributed by atoms with van der Waals surface area (Å²) >= 11 is 6.08. The first kappa shape index (κ1) is 21.6. The van der Waals surface area contributed by atoms with Crippen molar-refractivity contribution in [3.05, 3.63) is 47.0 Å². The summed E-state index contributed by atoms with van der Waals surface area (Å²) in [4.78, 5) is 11.9. The quantitative estimate of drug-likeness (QED) is 0.530. The van der Waals surface area contributed by atoms with Gasteiger partial charge in [-0.3, -0.25) is 4.79 Å². The van der Waals surface area contributed by atoms with Crippen LogP contribution in [-0.4, -0.2) is 11.9 Å². The molecule has 1 aromatic rings. The number of carbonyl (C=O) groups excluding carboxylic acids is 1. The number of hydrogen-bond donors (Lipinski definition) is 1. The Balaban J connectivity index is 1.28. The summed E-state index contributed by atoms with van der Waals surface area (Å²) in [5.74, 6) is 4.00. The highest BCUT2D eigenvalue weighted by atomic mass is 35.5. The van der Waals surface area contributed by atoms with Crippen LogP contribution in [0.15, 0.2) is 36.4 Å². The summed E-state index contributed by atoms with van der Waals surface area (Å²) in [6.07, 6.45) is 14.7. The first-order valence-electron chi connectivity index (χ1n) is 12.6. The van der Waals surface area contributed by atoms with Gasteiger partial charge in [-0.25, -0.2) is 0 Å². The third kappa shape index (κ3) is 3.58. The molecule has 0 spiro atoms. The van der Waals surface area contributed by atoms with E-state index in [1.165, 1.54) is 50.5 Å². The number of fused-ring (bicyclic) bond motifs is 5. The van der Waals surface area contributed by atoms with Crippen LogP contribution in [0.4, 0.5) is 0 Å². The molecule has 2 nitrogen and oxygen atoms in total. The van der Waals surface area contributed by atoms with Crippen LogP contribution in [0.2, 0.25) is 5.02 Å². The summed E-state index contributed by atoms with van der Waals surface area (Å²) in [6.45, 7) is 7.43. The van der Waals surface area contributed by atoms with E-state index in [0.717, 1.165) is 35.1 Å². The topological polar surface area (TPSA) is 29.1 Å². The third-order valence-corrected chi connectivity index (χ3v) is 10.5. The van der Waals surface area contributed by atoms with Crippen LogP contribution >= 0.6 is 11.6 Å². The Morgan fingerprint density at radius 1 is 1.06 bits per heavy atom. The second-order valence-electron chi connectivity index (χ2n) is 11.6. The molecule has 3 heteroatoms. The van der Waals surface area contributed by atoms with E-state index in [4.69, 9.17) is 11.6 Å². The summed E-state index contributed by atoms with van der Waals surface area (Å²) in [6, 6.07) is 8.80. The molecule has 0 bridgehead atoms. The number of benzene rings is 1. The van der Waals surface area contributed by atoms with E-state index in [2.05, 4.69) is 44.3 Å². The van der Waals surface area contributed by atoms with Gasteiger partial charge in [0.15, 0.2) is 0 Å². The van der Waals surface area contributed by atoms with Crippen LogP contribution in [0.3, 0.4) is 0 Å². The molecular weight excluding hydrogens is 402 g/mol. The van der Waals surface area contributed by atoms with Crippen LogP contribution < -0.4 is 5.32 Å². The average Bonchev–Trinajstić information content (AvgIpc) is 3.09. The zero-order valence-corrected chi connectivity index (χ0v) is 20.1. The molecule has 0 saturated heterocycles. The van der Waals surface area contributed by atoms with Gasteiger partial charge >= 0.3 is 0 Å². The van der Waals surface area contributed by atoms with Gasteiger partial charge in [0.05, 0.1) is 0 Å². The zero-order valence-electron chi connectivity index (χ0n) is 19.4. The molecule has 0 radical (unpaired) electrons. The smallest absolute Gasteiger partial charge is 0.243 e. The fourth-order valence-corrected chi connectivity index (χ4v) is 8.45. The molecule has 3 fully saturated rings. The van der Waals surface area contributed by atoms with Crippen molar-refractivity contribution in [2.75, 3.05) is 0 Å². The Bertz CT molecular complexity index is 862. The van der Waals surface area contributed by atoms with Gasteiger partial charge in [-0.15, -0.1) is 0 Å². The lowest BCUT2D eigenvalue weighted by Crippen LogP contribution is -2.59. The fraction of sp³-hybridized carbons (Fsp3) is 0.679. The maximum absolute atomic E-state index is 11.9. The molecule has 8 atom stereocenters. The molecule has 1 amide bonds. The highest BCUT2D eigenvalue weighted by Gasteiger charge is 2.59. The van der Waals surface area contributed by atoms with Crippen molar-refractivity contribution in [1.29, 1.82) is 0 Å². The molecule has 1 aliphatic heterocycles. The SMILES string of the molecule is CC(CCC1CC[C@H]2[C@@H]3CCC4NC(=O)C=C[C@]4(C)[C@@H]3CC[C@]12C)c1ccc(Cl)cc1. The summed E-state index contributed by atoms with van der Waals surface area (Å²) in [5, 5.41) is 4.12. The van der Waals surface area contributed by atoms with Gasteiger partial charge in [0.2, 0.25) is 5.91 Å². The predicted octanol–water partition coefficient (Wildman–Crippen LogP) is 7.14. The van der Waals surface area contributed by atoms with Gasteiger partial charge in [-0.1, -0.05) is 50.6 Å². The van der Waals surface area contributed by atoms with E-state index in [1.54, 1.807) is 0 Å². The lowest BCUT2D eigenvalue weighted by Gasteiger charge is -2.59. The zero-order chi connectivity index (χ0) is 21.8. The summed E-state index contributed by atoms with van der Waals surface area (Å²) in [7, 11) is 0. The number of carbonyl (C=O) groups is 1. The molecule has 31 heavy (non-hydrogen) atoms. The van der Waals surface area contributed by atoms with Crippen molar-refractivity contribution < 1.29 is 4.79 Å². The van der Waals surface area contributed by atoms with Crippen molar-refractivity contribution in [2.24, 2.45) is 34.5 Å². The predicted molar refractivity (Wildman–Crippen MR) is 128 cm³/mol. The molecule has 5 rings (SSSR count). The number of nitrogens with one attached hydrogen (secondary N) is 1. The number of amides is 1. The minimum absolute atomic E-state index is 0.109. The fourth-order valence-electron chi connectivity index (χ4n) is 8.33. The molecular formula is C28H38ClNO. The van der Waals surface area contributed by atoms with Crippen molar-refractivity contribution in [3.63, 3.8) is 0 Å². The number of halogens is 1. The Kier molecular flexibility index (Phi) is 5.52. The monoisotopic (exact) mass is 439 g/mol. The molecule has 168 valence electrons. The molecule has 1 heterocycles. The maximum atomic E-state index is 11.9. The van der Waals surface area contributed by atoms with Gasteiger partial charge in [-0.2, -0.15) is 0 Å². The van der Waals surface area contributed by atoms with Crippen LogP contribution in [0.25, 0.3) is 0 Å². The molecule has 3 aliphatic carbocycles. The largest absolute Gasteiger partial charge is 0.349 e. The van der Waals surface area contributed by atoms with Gasteiger partial charge in [0.25, 0.3) is 0 Å². The molecule has 3 unspecified atom stereocenters. The standard InChI is InChI=1S/C28H38ClNO/c1-18(19-5-9-21(29)10-6-19)4-7-20-8-12-23-22-11-13-25-28(3,17-15-26(31)30-25)24(22)14-16-27(20,23)2/h5-6,9-10,15,17-18,20,22-25H,4,7-8,11-14,16H2,1-3H3,(H,30,31)/t18?,20?,22-,23-,24+,25?,27+,28+/m0/s1. The van der Waals surface area contributed by atoms with Crippen molar-refractivity contribution >= 4 is 17.5 Å². The highest BCUT2D eigenvalue weighted by molar-refractivity contribution is 6.30. The van der Waals surface area contributed by atoms with Crippen LogP contribution in [0.5, 0.6) is 0 Å². The Morgan fingerprint density at radius 2 is 1.84 bits per heavy atom. The van der Waals surface area contributed by atoms with Crippen molar-refractivity contribution in [2.45, 2.75) is 84.1 Å². The van der Waals surface area contributed by atoms with E-state index in [-0.39, 0.29) is 11.3 Å². The van der Waals surface area contributed by atoms with Gasteiger partial charge in [0, 0.05) is 16.5 Å². The van der Waals surface area contributed by atoms with Gasteiger partial charge in [0.1, 0.15) is 0 Å². The van der Waals surface area contributed by atoms with E-state index in [1.807, 2.05) is 18.2 Å². The maximum Gasteiger partial charge on any atom is 0.243 e. The minimum atomic E-state index is 0.109. The lowest BCUT2D eigenvalue weighted by molar-refractivity contribution is -0.122. The Morgan fingerprint density at radius 3 is 2.61 bits per heavy atom. The van der Waals surface area contributed by atoms with E-state index < -0.39 is 0 Å². The number of rotatable bonds is 4. The van der Waals surface area contributed by atoms with Crippen molar-refractivity contribution in [3.8, 4) is 0 Å². The number of hydrogen-bond acceptors (Lipinski definition) is 1. The summed E-state index contributed by atoms with van der Waals surface area (Å²) < 4.78 is 0. The van der Waals surface area contributed by atoms with Crippen LogP contribution in [0.1, 0.15) is 83.6 Å². The third-order valence-electron chi connectivity index (χ3n) is 10.3. The second kappa shape index (κ2) is 7.94. The molecule has 4 aliphatic rings. The normalized spacial score (nSPS) is 42.3. The van der Waals surface area contributed by atoms with E-state index >= 15 is 0 Å². The van der Waals surface area contributed by atoms with Crippen LogP contribution in [0, 0.1) is 34.5 Å². The Hall–Kier alpha value is -1.28. The first-order chi connectivity index (χ1) is 14.8. The van der Waals surface area contributed by atoms with Gasteiger partial charge in [-0.05, 0) is 110 Å². The molecule has 3 saturated carbocycles. The minimum Gasteiger partial charge on any atom is -0.349 e. The highest BCUT2D eigenvalue weighted by Crippen LogP contribution is 2.65. The van der Waals surface area contributed by atoms with Crippen molar-refractivity contribution in [1.82, 2.24) is 5.32 Å². The van der Waals surface area contributed by atoms with Crippen LogP contribution in [-0.2, 0) is 4.79 Å². The Labute approximate surface area is 193 Å². The molecule has 1 aromatic carbocycles. The average molecular weight is 440 g/mol. The second-order valence-corrected chi connectivity index (χ2v) is 12.0. The van der Waals surface area contributed by atoms with E-state index in [0.29, 0.717) is 17.4 Å². The molecule has 1 N–H and O–H groups in total. The first-order valence-corrected chi connectivity index (χ1v) is 12.9. The van der Waals surface area contributed by atoms with E-state index in [9.17, 15) is 4.79 Å². The van der Waals surface area contributed by atoms with Gasteiger partial charge < -0.3 is 5.32 Å². The lowest BCUT2D eigenvalue weighted by atomic mass is 9.47. The summed E-state index contributed by atoms with van der Waals surface area (Å²) in [5.41, 5.74) is 2.08.